The number of halogens is 1. The zero-order chi connectivity index (χ0) is 11.8. The number of nitrogens with one attached hydrogen (secondary N) is 1. The number of fused-ring (bicyclic) bond motifs is 4. The summed E-state index contributed by atoms with van der Waals surface area (Å²) in [6.07, 6.45) is 6.89. The van der Waals surface area contributed by atoms with Crippen LogP contribution in [0.25, 0.3) is 0 Å². The Morgan fingerprint density at radius 1 is 1.33 bits per heavy atom. The first kappa shape index (κ1) is 14.1. The minimum absolute atomic E-state index is 0. The molecule has 0 unspecified atom stereocenters. The Morgan fingerprint density at radius 2 is 2.11 bits per heavy atom. The van der Waals surface area contributed by atoms with Crippen molar-refractivity contribution in [1.82, 2.24) is 10.2 Å². The number of hydrogen-bond acceptors (Lipinski definition) is 2. The summed E-state index contributed by atoms with van der Waals surface area (Å²) in [4.78, 5) is 14.6. The highest BCUT2D eigenvalue weighted by Gasteiger charge is 2.47. The van der Waals surface area contributed by atoms with Crippen LogP contribution >= 0.6 is 12.4 Å². The second kappa shape index (κ2) is 5.79. The maximum absolute atomic E-state index is 12.3. The van der Waals surface area contributed by atoms with Crippen molar-refractivity contribution in [3.05, 3.63) is 0 Å². The Morgan fingerprint density at radius 3 is 2.89 bits per heavy atom. The largest absolute Gasteiger partial charge is 0.336 e. The van der Waals surface area contributed by atoms with Crippen LogP contribution in [0.4, 0.5) is 0 Å². The summed E-state index contributed by atoms with van der Waals surface area (Å²) in [5.41, 5.74) is 0. The fraction of sp³-hybridized carbons (Fsp3) is 0.929. The van der Waals surface area contributed by atoms with E-state index in [4.69, 9.17) is 0 Å². The Kier molecular flexibility index (Phi) is 4.54. The average molecular weight is 273 g/mol. The Balaban J connectivity index is 0.00000120. The molecule has 0 spiro atoms. The number of nitrogens with zero attached hydrogens (tertiary/aromatic N) is 1. The summed E-state index contributed by atoms with van der Waals surface area (Å²) in [5, 5.41) is 3.59. The van der Waals surface area contributed by atoms with Crippen LogP contribution < -0.4 is 5.32 Å². The highest BCUT2D eigenvalue weighted by molar-refractivity contribution is 5.85. The third-order valence-corrected chi connectivity index (χ3v) is 4.98. The molecule has 3 saturated heterocycles. The summed E-state index contributed by atoms with van der Waals surface area (Å²) in [7, 11) is 0. The first-order valence-electron chi connectivity index (χ1n) is 7.33. The summed E-state index contributed by atoms with van der Waals surface area (Å²) in [6, 6.07) is 1.08. The monoisotopic (exact) mass is 272 g/mol. The number of carbonyl (C=O) groups is 1. The summed E-state index contributed by atoms with van der Waals surface area (Å²) in [6.45, 7) is 4.49. The van der Waals surface area contributed by atoms with E-state index in [2.05, 4.69) is 17.1 Å². The third kappa shape index (κ3) is 2.27. The molecule has 18 heavy (non-hydrogen) atoms. The van der Waals surface area contributed by atoms with Gasteiger partial charge in [-0.2, -0.15) is 0 Å². The molecule has 4 atom stereocenters. The highest BCUT2D eigenvalue weighted by atomic mass is 35.5. The molecule has 0 aliphatic carbocycles. The van der Waals surface area contributed by atoms with Crippen LogP contribution in [-0.2, 0) is 4.79 Å². The number of hydrogen-bond donors (Lipinski definition) is 1. The van der Waals surface area contributed by atoms with Crippen molar-refractivity contribution in [1.29, 1.82) is 0 Å². The number of carbonyl (C=O) groups excluding carboxylic acids is 1. The standard InChI is InChI=1S/C14H24N2O.ClH/c1-2-4-12-10-7-11(9-15-8-10)13-5-3-6-14(17)16(12)13;/h10-13,15H,2-9H2,1H3;1H/t10-,11+,12-,13-;/m0./s1. The zero-order valence-electron chi connectivity index (χ0n) is 11.2. The predicted molar refractivity (Wildman–Crippen MR) is 74.9 cm³/mol. The van der Waals surface area contributed by atoms with E-state index in [9.17, 15) is 4.79 Å². The molecule has 3 aliphatic rings. The minimum atomic E-state index is 0. The van der Waals surface area contributed by atoms with E-state index in [1.54, 1.807) is 0 Å². The fourth-order valence-electron chi connectivity index (χ4n) is 4.30. The topological polar surface area (TPSA) is 32.3 Å². The number of amides is 1. The van der Waals surface area contributed by atoms with Crippen molar-refractivity contribution < 1.29 is 4.79 Å². The molecule has 0 aromatic rings. The molecule has 1 N–H and O–H groups in total. The molecule has 4 heteroatoms. The first-order valence-corrected chi connectivity index (χ1v) is 7.33. The van der Waals surface area contributed by atoms with Crippen molar-refractivity contribution in [2.45, 2.75) is 57.5 Å². The van der Waals surface area contributed by atoms with Gasteiger partial charge in [-0.25, -0.2) is 0 Å². The Hall–Kier alpha value is -0.280. The molecule has 0 aromatic carbocycles. The van der Waals surface area contributed by atoms with E-state index in [0.717, 1.165) is 31.8 Å². The molecule has 0 saturated carbocycles. The molecule has 3 heterocycles. The lowest BCUT2D eigenvalue weighted by molar-refractivity contribution is -0.149. The van der Waals surface area contributed by atoms with Crippen LogP contribution in [0, 0.1) is 11.8 Å². The van der Waals surface area contributed by atoms with Crippen LogP contribution in [0.1, 0.15) is 45.4 Å². The summed E-state index contributed by atoms with van der Waals surface area (Å²) in [5.74, 6) is 1.88. The van der Waals surface area contributed by atoms with E-state index in [1.165, 1.54) is 25.7 Å². The van der Waals surface area contributed by atoms with Crippen molar-refractivity contribution in [3.63, 3.8) is 0 Å². The molecule has 3 rings (SSSR count). The molecule has 104 valence electrons. The molecule has 1 amide bonds. The third-order valence-electron chi connectivity index (χ3n) is 4.98. The molecule has 3 nitrogen and oxygen atoms in total. The van der Waals surface area contributed by atoms with Crippen molar-refractivity contribution in [2.75, 3.05) is 13.1 Å². The normalized spacial score (nSPS) is 38.9. The van der Waals surface area contributed by atoms with Gasteiger partial charge in [0, 0.05) is 18.5 Å². The Labute approximate surface area is 116 Å². The molecule has 3 aliphatic heterocycles. The van der Waals surface area contributed by atoms with Gasteiger partial charge in [-0.1, -0.05) is 13.3 Å². The van der Waals surface area contributed by atoms with Gasteiger partial charge in [-0.15, -0.1) is 12.4 Å². The van der Waals surface area contributed by atoms with Gasteiger partial charge in [-0.05, 0) is 50.6 Å². The minimum Gasteiger partial charge on any atom is -0.336 e. The zero-order valence-corrected chi connectivity index (χ0v) is 12.0. The second-order valence-electron chi connectivity index (χ2n) is 6.03. The van der Waals surface area contributed by atoms with Crippen molar-refractivity contribution >= 4 is 18.3 Å². The van der Waals surface area contributed by atoms with Crippen LogP contribution in [0.2, 0.25) is 0 Å². The molecular weight excluding hydrogens is 248 g/mol. The van der Waals surface area contributed by atoms with Crippen LogP contribution in [0.15, 0.2) is 0 Å². The number of rotatable bonds is 2. The maximum atomic E-state index is 12.3. The lowest BCUT2D eigenvalue weighted by Gasteiger charge is -2.55. The lowest BCUT2D eigenvalue weighted by Crippen LogP contribution is -2.64. The van der Waals surface area contributed by atoms with Gasteiger partial charge in [0.1, 0.15) is 0 Å². The Bertz CT molecular complexity index is 310. The van der Waals surface area contributed by atoms with Gasteiger partial charge in [0.2, 0.25) is 5.91 Å². The fourth-order valence-corrected chi connectivity index (χ4v) is 4.30. The number of piperidine rings is 3. The van der Waals surface area contributed by atoms with Gasteiger partial charge in [0.25, 0.3) is 0 Å². The SMILES string of the molecule is CCC[C@H]1[C@@H]2CNC[C@@H](C2)[C@@H]2CCCC(=O)N12.Cl. The second-order valence-corrected chi connectivity index (χ2v) is 6.03. The molecule has 3 fully saturated rings. The van der Waals surface area contributed by atoms with Crippen LogP contribution in [0.3, 0.4) is 0 Å². The van der Waals surface area contributed by atoms with E-state index in [-0.39, 0.29) is 12.4 Å². The van der Waals surface area contributed by atoms with E-state index in [0.29, 0.717) is 23.9 Å². The smallest absolute Gasteiger partial charge is 0.223 e. The van der Waals surface area contributed by atoms with Gasteiger partial charge < -0.3 is 10.2 Å². The highest BCUT2D eigenvalue weighted by Crippen LogP contribution is 2.40. The van der Waals surface area contributed by atoms with Crippen LogP contribution in [-0.4, -0.2) is 36.0 Å². The predicted octanol–water partition coefficient (Wildman–Crippen LogP) is 2.20. The van der Waals surface area contributed by atoms with E-state index < -0.39 is 0 Å². The first-order chi connectivity index (χ1) is 8.31. The van der Waals surface area contributed by atoms with E-state index in [1.807, 2.05) is 0 Å². The van der Waals surface area contributed by atoms with Gasteiger partial charge in [-0.3, -0.25) is 4.79 Å². The average Bonchev–Trinajstić information content (AvgIpc) is 2.35. The summed E-state index contributed by atoms with van der Waals surface area (Å²) >= 11 is 0. The summed E-state index contributed by atoms with van der Waals surface area (Å²) < 4.78 is 0. The van der Waals surface area contributed by atoms with Crippen LogP contribution in [0.5, 0.6) is 0 Å². The van der Waals surface area contributed by atoms with Gasteiger partial charge in [0.15, 0.2) is 0 Å². The lowest BCUT2D eigenvalue weighted by atomic mass is 9.72. The molecule has 0 radical (unpaired) electrons. The maximum Gasteiger partial charge on any atom is 0.223 e. The molecule has 0 aromatic heterocycles. The van der Waals surface area contributed by atoms with Gasteiger partial charge >= 0.3 is 0 Å². The molecule has 2 bridgehead atoms. The van der Waals surface area contributed by atoms with Crippen molar-refractivity contribution in [3.8, 4) is 0 Å². The van der Waals surface area contributed by atoms with E-state index >= 15 is 0 Å². The van der Waals surface area contributed by atoms with Crippen molar-refractivity contribution in [2.24, 2.45) is 11.8 Å². The quantitative estimate of drug-likeness (QED) is 0.836. The van der Waals surface area contributed by atoms with Gasteiger partial charge in [0.05, 0.1) is 0 Å². The molecular formula is C14H25ClN2O.